The van der Waals surface area contributed by atoms with Crippen LogP contribution in [0, 0.1) is 6.92 Å². The molecule has 0 spiro atoms. The minimum Gasteiger partial charge on any atom is -0.508 e. The van der Waals surface area contributed by atoms with Crippen molar-refractivity contribution in [2.45, 2.75) is 39.3 Å². The summed E-state index contributed by atoms with van der Waals surface area (Å²) < 4.78 is 0. The average Bonchev–Trinajstić information content (AvgIpc) is 2.27. The Morgan fingerprint density at radius 3 is 2.81 bits per heavy atom. The van der Waals surface area contributed by atoms with Gasteiger partial charge in [0, 0.05) is 24.8 Å². The van der Waals surface area contributed by atoms with Crippen LogP contribution in [-0.4, -0.2) is 22.9 Å². The molecule has 0 heterocycles. The summed E-state index contributed by atoms with van der Waals surface area (Å²) >= 11 is 0. The number of aliphatic hydroxyl groups is 1. The van der Waals surface area contributed by atoms with E-state index in [1.165, 1.54) is 0 Å². The van der Waals surface area contributed by atoms with Crippen molar-refractivity contribution in [1.29, 1.82) is 0 Å². The summed E-state index contributed by atoms with van der Waals surface area (Å²) in [6.07, 6.45) is 1.76. The Hall–Kier alpha value is -1.06. The van der Waals surface area contributed by atoms with E-state index in [1.807, 2.05) is 19.1 Å². The first-order valence-electron chi connectivity index (χ1n) is 5.76. The van der Waals surface area contributed by atoms with E-state index in [1.54, 1.807) is 6.07 Å². The normalized spacial score (nSPS) is 12.7. The van der Waals surface area contributed by atoms with Crippen LogP contribution in [0.5, 0.6) is 5.75 Å². The SMILES string of the molecule is Cc1ccc(O)c(CNC(C)CCCO)c1. The first-order valence-corrected chi connectivity index (χ1v) is 5.76. The van der Waals surface area contributed by atoms with Gasteiger partial charge in [-0.3, -0.25) is 0 Å². The molecule has 3 heteroatoms. The van der Waals surface area contributed by atoms with Gasteiger partial charge >= 0.3 is 0 Å². The Kier molecular flexibility index (Phi) is 5.29. The molecule has 90 valence electrons. The number of phenolic OH excluding ortho intramolecular Hbond substituents is 1. The topological polar surface area (TPSA) is 52.5 Å². The van der Waals surface area contributed by atoms with Crippen LogP contribution in [0.4, 0.5) is 0 Å². The van der Waals surface area contributed by atoms with Crippen LogP contribution in [-0.2, 0) is 6.54 Å². The van der Waals surface area contributed by atoms with Gasteiger partial charge in [0.25, 0.3) is 0 Å². The second-order valence-corrected chi connectivity index (χ2v) is 4.28. The molecule has 16 heavy (non-hydrogen) atoms. The van der Waals surface area contributed by atoms with Gasteiger partial charge in [0.15, 0.2) is 0 Å². The summed E-state index contributed by atoms with van der Waals surface area (Å²) in [7, 11) is 0. The molecule has 3 nitrogen and oxygen atoms in total. The standard InChI is InChI=1S/C13H21NO2/c1-10-5-6-13(16)12(8-10)9-14-11(2)4-3-7-15/h5-6,8,11,14-16H,3-4,7,9H2,1-2H3. The van der Waals surface area contributed by atoms with Crippen LogP contribution in [0.3, 0.4) is 0 Å². The lowest BCUT2D eigenvalue weighted by molar-refractivity contribution is 0.276. The van der Waals surface area contributed by atoms with E-state index in [0.717, 1.165) is 24.0 Å². The van der Waals surface area contributed by atoms with E-state index in [-0.39, 0.29) is 6.61 Å². The zero-order chi connectivity index (χ0) is 12.0. The second kappa shape index (κ2) is 6.51. The zero-order valence-electron chi connectivity index (χ0n) is 10.0. The molecule has 0 saturated heterocycles. The molecule has 3 N–H and O–H groups in total. The van der Waals surface area contributed by atoms with Crippen molar-refractivity contribution in [3.8, 4) is 5.75 Å². The first-order chi connectivity index (χ1) is 7.63. The van der Waals surface area contributed by atoms with Crippen LogP contribution in [0.25, 0.3) is 0 Å². The summed E-state index contributed by atoms with van der Waals surface area (Å²) in [6.45, 7) is 5.00. The Bertz CT molecular complexity index is 326. The molecule has 1 aromatic carbocycles. The van der Waals surface area contributed by atoms with Crippen molar-refractivity contribution in [3.05, 3.63) is 29.3 Å². The molecular weight excluding hydrogens is 202 g/mol. The lowest BCUT2D eigenvalue weighted by Crippen LogP contribution is -2.25. The molecule has 0 saturated carbocycles. The quantitative estimate of drug-likeness (QED) is 0.691. The van der Waals surface area contributed by atoms with Gasteiger partial charge in [-0.2, -0.15) is 0 Å². The van der Waals surface area contributed by atoms with Crippen molar-refractivity contribution < 1.29 is 10.2 Å². The highest BCUT2D eigenvalue weighted by atomic mass is 16.3. The fourth-order valence-electron chi connectivity index (χ4n) is 1.64. The molecule has 0 aliphatic rings. The number of phenols is 1. The smallest absolute Gasteiger partial charge is 0.120 e. The molecule has 0 aliphatic carbocycles. The van der Waals surface area contributed by atoms with Crippen molar-refractivity contribution in [2.24, 2.45) is 0 Å². The van der Waals surface area contributed by atoms with Crippen LogP contribution >= 0.6 is 0 Å². The third kappa shape index (κ3) is 4.21. The molecular formula is C13H21NO2. The van der Waals surface area contributed by atoms with E-state index >= 15 is 0 Å². The number of aliphatic hydroxyl groups excluding tert-OH is 1. The fourth-order valence-corrected chi connectivity index (χ4v) is 1.64. The number of aryl methyl sites for hydroxylation is 1. The molecule has 0 radical (unpaired) electrons. The minimum atomic E-state index is 0.238. The maximum Gasteiger partial charge on any atom is 0.120 e. The molecule has 1 unspecified atom stereocenters. The molecule has 0 amide bonds. The largest absolute Gasteiger partial charge is 0.508 e. The summed E-state index contributed by atoms with van der Waals surface area (Å²) in [5.74, 6) is 0.340. The lowest BCUT2D eigenvalue weighted by Gasteiger charge is -2.14. The lowest BCUT2D eigenvalue weighted by atomic mass is 10.1. The summed E-state index contributed by atoms with van der Waals surface area (Å²) in [6, 6.07) is 5.96. The molecule has 1 rings (SSSR count). The van der Waals surface area contributed by atoms with Gasteiger partial charge in [-0.25, -0.2) is 0 Å². The molecule has 1 atom stereocenters. The highest BCUT2D eigenvalue weighted by Gasteiger charge is 2.04. The number of rotatable bonds is 6. The predicted octanol–water partition coefficient (Wildman–Crippen LogP) is 1.95. The van der Waals surface area contributed by atoms with E-state index in [0.29, 0.717) is 18.3 Å². The van der Waals surface area contributed by atoms with Crippen LogP contribution in [0.1, 0.15) is 30.9 Å². The van der Waals surface area contributed by atoms with Gasteiger partial charge in [0.1, 0.15) is 5.75 Å². The average molecular weight is 223 g/mol. The van der Waals surface area contributed by atoms with Gasteiger partial charge in [-0.1, -0.05) is 17.7 Å². The monoisotopic (exact) mass is 223 g/mol. The van der Waals surface area contributed by atoms with Gasteiger partial charge < -0.3 is 15.5 Å². The third-order valence-electron chi connectivity index (χ3n) is 2.67. The van der Waals surface area contributed by atoms with Crippen molar-refractivity contribution in [2.75, 3.05) is 6.61 Å². The van der Waals surface area contributed by atoms with Gasteiger partial charge in [0.05, 0.1) is 0 Å². The zero-order valence-corrected chi connectivity index (χ0v) is 10.0. The maximum atomic E-state index is 9.64. The molecule has 1 aromatic rings. The van der Waals surface area contributed by atoms with Crippen LogP contribution in [0.15, 0.2) is 18.2 Å². The minimum absolute atomic E-state index is 0.238. The number of hydrogen-bond donors (Lipinski definition) is 3. The number of hydrogen-bond acceptors (Lipinski definition) is 3. The van der Waals surface area contributed by atoms with Crippen LogP contribution in [0.2, 0.25) is 0 Å². The first kappa shape index (κ1) is 13.0. The van der Waals surface area contributed by atoms with Crippen LogP contribution < -0.4 is 5.32 Å². The third-order valence-corrected chi connectivity index (χ3v) is 2.67. The van der Waals surface area contributed by atoms with E-state index in [2.05, 4.69) is 12.2 Å². The second-order valence-electron chi connectivity index (χ2n) is 4.28. The van der Waals surface area contributed by atoms with Crippen molar-refractivity contribution in [3.63, 3.8) is 0 Å². The van der Waals surface area contributed by atoms with E-state index < -0.39 is 0 Å². The summed E-state index contributed by atoms with van der Waals surface area (Å²) in [5.41, 5.74) is 2.08. The molecule has 0 aromatic heterocycles. The Labute approximate surface area is 97.1 Å². The van der Waals surface area contributed by atoms with E-state index in [9.17, 15) is 5.11 Å². The highest BCUT2D eigenvalue weighted by molar-refractivity contribution is 5.35. The van der Waals surface area contributed by atoms with Gasteiger partial charge in [-0.05, 0) is 32.8 Å². The van der Waals surface area contributed by atoms with Crippen molar-refractivity contribution in [1.82, 2.24) is 5.32 Å². The number of benzene rings is 1. The molecule has 0 bridgehead atoms. The summed E-state index contributed by atoms with van der Waals surface area (Å²) in [4.78, 5) is 0. The maximum absolute atomic E-state index is 9.64. The molecule has 0 aliphatic heterocycles. The Morgan fingerprint density at radius 1 is 1.38 bits per heavy atom. The number of aromatic hydroxyl groups is 1. The van der Waals surface area contributed by atoms with E-state index in [4.69, 9.17) is 5.11 Å². The van der Waals surface area contributed by atoms with Crippen molar-refractivity contribution >= 4 is 0 Å². The van der Waals surface area contributed by atoms with Gasteiger partial charge in [-0.15, -0.1) is 0 Å². The Morgan fingerprint density at radius 2 is 2.12 bits per heavy atom. The predicted molar refractivity (Wildman–Crippen MR) is 65.5 cm³/mol. The van der Waals surface area contributed by atoms with Gasteiger partial charge in [0.2, 0.25) is 0 Å². The Balaban J connectivity index is 2.44. The highest BCUT2D eigenvalue weighted by Crippen LogP contribution is 2.18. The molecule has 0 fully saturated rings. The summed E-state index contributed by atoms with van der Waals surface area (Å²) in [5, 5.41) is 21.7. The fraction of sp³-hybridized carbons (Fsp3) is 0.538. The number of nitrogens with one attached hydrogen (secondary N) is 1.